The first-order chi connectivity index (χ1) is 16.6. The second kappa shape index (κ2) is 17.0. The van der Waals surface area contributed by atoms with Crippen molar-refractivity contribution in [3.05, 3.63) is 30.1 Å². The zero-order valence-electron chi connectivity index (χ0n) is 20.4. The fraction of sp³-hybridized carbons (Fsp3) is 0.731. The molecule has 0 spiro atoms. The highest BCUT2D eigenvalue weighted by Gasteiger charge is 2.45. The first kappa shape index (κ1) is 28.7. The van der Waals surface area contributed by atoms with Crippen LogP contribution in [0.15, 0.2) is 24.5 Å². The number of aryl methyl sites for hydroxylation is 1. The van der Waals surface area contributed by atoms with E-state index in [0.717, 1.165) is 70.6 Å². The lowest BCUT2D eigenvalue weighted by atomic mass is 9.98. The first-order valence-corrected chi connectivity index (χ1v) is 12.5. The minimum atomic E-state index is -1.40. The van der Waals surface area contributed by atoms with E-state index in [1.54, 1.807) is 6.20 Å². The van der Waals surface area contributed by atoms with Crippen LogP contribution in [0.4, 0.5) is 0 Å². The van der Waals surface area contributed by atoms with E-state index < -0.39 is 37.3 Å². The molecule has 1 saturated heterocycles. The van der Waals surface area contributed by atoms with Crippen molar-refractivity contribution in [2.24, 2.45) is 0 Å². The van der Waals surface area contributed by atoms with Gasteiger partial charge in [-0.25, -0.2) is 0 Å². The molecule has 0 bridgehead atoms. The number of aliphatic hydroxyl groups excluding tert-OH is 4. The molecule has 0 radical (unpaired) electrons. The summed E-state index contributed by atoms with van der Waals surface area (Å²) < 4.78 is 5.54. The molecule has 0 saturated carbocycles. The smallest absolute Gasteiger partial charge is 0.162 e. The maximum Gasteiger partial charge on any atom is 0.162 e. The number of ether oxygens (including phenoxy) is 1. The minimum absolute atomic E-state index is 0.449. The molecule has 34 heavy (non-hydrogen) atoms. The molecule has 192 valence electrons. The number of aliphatic hydroxyl groups is 4. The molecule has 2 rings (SSSR count). The zero-order valence-corrected chi connectivity index (χ0v) is 20.4. The predicted octanol–water partition coefficient (Wildman–Crippen LogP) is 2.19. The average Bonchev–Trinajstić information content (AvgIpc) is 2.86. The lowest BCUT2D eigenvalue weighted by Gasteiger charge is -2.43. The quantitative estimate of drug-likeness (QED) is 0.172. The van der Waals surface area contributed by atoms with Gasteiger partial charge >= 0.3 is 0 Å². The van der Waals surface area contributed by atoms with Gasteiger partial charge in [-0.3, -0.25) is 9.82 Å². The van der Waals surface area contributed by atoms with Crippen molar-refractivity contribution in [1.29, 1.82) is 0 Å². The van der Waals surface area contributed by atoms with Gasteiger partial charge < -0.3 is 25.2 Å². The molecule has 1 fully saturated rings. The van der Waals surface area contributed by atoms with Crippen molar-refractivity contribution in [3.63, 3.8) is 0 Å². The first-order valence-electron chi connectivity index (χ1n) is 12.5. The van der Waals surface area contributed by atoms with Crippen molar-refractivity contribution >= 4 is 0 Å². The maximum absolute atomic E-state index is 10.2. The van der Waals surface area contributed by atoms with Crippen LogP contribution in [-0.2, 0) is 16.0 Å². The number of hydroxylamine groups is 2. The molecule has 2 unspecified atom stereocenters. The van der Waals surface area contributed by atoms with E-state index in [1.165, 1.54) is 17.7 Å². The molecular formula is C26H42N2O6. The van der Waals surface area contributed by atoms with Crippen molar-refractivity contribution in [2.75, 3.05) is 20.3 Å². The molecule has 1 aromatic heterocycles. The Hall–Kier alpha value is -1.57. The van der Waals surface area contributed by atoms with Crippen LogP contribution in [0.3, 0.4) is 0 Å². The van der Waals surface area contributed by atoms with Gasteiger partial charge in [0.05, 0.1) is 13.7 Å². The number of hydrogen-bond acceptors (Lipinski definition) is 8. The highest BCUT2D eigenvalue weighted by molar-refractivity contribution is 5.08. The summed E-state index contributed by atoms with van der Waals surface area (Å²) in [4.78, 5) is 9.46. The van der Waals surface area contributed by atoms with Gasteiger partial charge in [-0.05, 0) is 43.7 Å². The number of rotatable bonds is 15. The molecule has 1 aliphatic rings. The molecule has 0 aliphatic carbocycles. The molecule has 2 heterocycles. The number of hydrogen-bond donors (Lipinski definition) is 4. The Bertz CT molecular complexity index is 708. The molecule has 0 amide bonds. The molecule has 0 aromatic carbocycles. The third-order valence-corrected chi connectivity index (χ3v) is 6.18. The Balaban J connectivity index is 1.48. The van der Waals surface area contributed by atoms with Gasteiger partial charge in [-0.1, -0.05) is 31.7 Å². The Kier molecular flexibility index (Phi) is 14.3. The molecule has 8 nitrogen and oxygen atoms in total. The summed E-state index contributed by atoms with van der Waals surface area (Å²) in [7, 11) is 1.48. The molecular weight excluding hydrogens is 436 g/mol. The van der Waals surface area contributed by atoms with E-state index in [0.29, 0.717) is 6.54 Å². The van der Waals surface area contributed by atoms with E-state index in [-0.39, 0.29) is 0 Å². The van der Waals surface area contributed by atoms with Gasteiger partial charge in [-0.2, -0.15) is 5.06 Å². The predicted molar refractivity (Wildman–Crippen MR) is 129 cm³/mol. The Morgan fingerprint density at radius 3 is 2.26 bits per heavy atom. The topological polar surface area (TPSA) is 116 Å². The summed E-state index contributed by atoms with van der Waals surface area (Å²) in [6.07, 6.45) is 9.45. The van der Waals surface area contributed by atoms with Crippen LogP contribution in [0.5, 0.6) is 0 Å². The number of pyridine rings is 1. The molecule has 8 heteroatoms. The van der Waals surface area contributed by atoms with Gasteiger partial charge in [0.2, 0.25) is 0 Å². The van der Waals surface area contributed by atoms with Gasteiger partial charge in [-0.15, -0.1) is 11.8 Å². The summed E-state index contributed by atoms with van der Waals surface area (Å²) >= 11 is 0. The minimum Gasteiger partial charge on any atom is -0.394 e. The van der Waals surface area contributed by atoms with Crippen LogP contribution in [0.2, 0.25) is 0 Å². The van der Waals surface area contributed by atoms with Gasteiger partial charge in [0.1, 0.15) is 24.4 Å². The van der Waals surface area contributed by atoms with Crippen molar-refractivity contribution in [3.8, 4) is 11.8 Å². The molecule has 5 atom stereocenters. The standard InChI is InChI=1S/C26H42N2O6/c1-33-28(26-25(32)24(31)23(30)22(20-29)34-26)18-13-11-9-7-5-3-2-4-6-8-10-12-15-21-16-14-17-27-19-21/h14,16-17,19,22-26,29-32H,2-3,5,7-13,15,18,20H2,1H3/t22?,23-,24-,25?,26+/m0/s1. The van der Waals surface area contributed by atoms with Gasteiger partial charge in [0, 0.05) is 31.8 Å². The molecule has 4 N–H and O–H groups in total. The van der Waals surface area contributed by atoms with Crippen LogP contribution in [0.1, 0.15) is 69.8 Å². The average molecular weight is 479 g/mol. The Morgan fingerprint density at radius 1 is 0.941 bits per heavy atom. The van der Waals surface area contributed by atoms with Crippen molar-refractivity contribution < 1.29 is 30.0 Å². The number of aromatic nitrogens is 1. The van der Waals surface area contributed by atoms with Crippen LogP contribution in [-0.4, -0.2) is 81.4 Å². The fourth-order valence-corrected chi connectivity index (χ4v) is 4.10. The lowest BCUT2D eigenvalue weighted by Crippen LogP contribution is -2.63. The van der Waals surface area contributed by atoms with Crippen molar-refractivity contribution in [1.82, 2.24) is 10.0 Å². The van der Waals surface area contributed by atoms with Crippen molar-refractivity contribution in [2.45, 2.75) is 101 Å². The van der Waals surface area contributed by atoms with E-state index >= 15 is 0 Å². The summed E-state index contributed by atoms with van der Waals surface area (Å²) in [5.74, 6) is 6.57. The largest absolute Gasteiger partial charge is 0.394 e. The summed E-state index contributed by atoms with van der Waals surface area (Å²) in [5.41, 5.74) is 1.29. The normalized spacial score (nSPS) is 24.7. The van der Waals surface area contributed by atoms with E-state index in [1.807, 2.05) is 12.3 Å². The Morgan fingerprint density at radius 2 is 1.62 bits per heavy atom. The van der Waals surface area contributed by atoms with Crippen LogP contribution >= 0.6 is 0 Å². The van der Waals surface area contributed by atoms with Crippen LogP contribution in [0.25, 0.3) is 0 Å². The zero-order chi connectivity index (χ0) is 24.6. The highest BCUT2D eigenvalue weighted by atomic mass is 16.7. The third kappa shape index (κ3) is 9.96. The van der Waals surface area contributed by atoms with Crippen LogP contribution < -0.4 is 0 Å². The lowest BCUT2D eigenvalue weighted by molar-refractivity contribution is -0.328. The van der Waals surface area contributed by atoms with E-state index in [4.69, 9.17) is 9.57 Å². The number of nitrogens with zero attached hydrogens (tertiary/aromatic N) is 2. The molecule has 1 aliphatic heterocycles. The second-order valence-corrected chi connectivity index (χ2v) is 8.84. The van der Waals surface area contributed by atoms with Crippen LogP contribution in [0, 0.1) is 11.8 Å². The van der Waals surface area contributed by atoms with E-state index in [9.17, 15) is 20.4 Å². The van der Waals surface area contributed by atoms with Gasteiger partial charge in [0.15, 0.2) is 6.23 Å². The third-order valence-electron chi connectivity index (χ3n) is 6.18. The maximum atomic E-state index is 10.2. The number of unbranched alkanes of at least 4 members (excludes halogenated alkanes) is 8. The summed E-state index contributed by atoms with van der Waals surface area (Å²) in [6.45, 7) is 0.0704. The molecule has 1 aromatic rings. The Labute approximate surface area is 203 Å². The monoisotopic (exact) mass is 478 g/mol. The summed E-state index contributed by atoms with van der Waals surface area (Å²) in [6, 6.07) is 4.10. The summed E-state index contributed by atoms with van der Waals surface area (Å²) in [5, 5.41) is 40.9. The fourth-order valence-electron chi connectivity index (χ4n) is 4.10. The second-order valence-electron chi connectivity index (χ2n) is 8.84. The van der Waals surface area contributed by atoms with Gasteiger partial charge in [0.25, 0.3) is 0 Å². The van der Waals surface area contributed by atoms with E-state index in [2.05, 4.69) is 22.9 Å². The SMILES string of the molecule is CON(CCCCCCCCC#CCCCCc1cccnc1)[C@@H]1OC(CO)[C@H](O)[C@H](O)C1O. The highest BCUT2D eigenvalue weighted by Crippen LogP contribution is 2.24.